The average molecular weight is 368 g/mol. The van der Waals surface area contributed by atoms with Gasteiger partial charge in [-0.25, -0.2) is 4.79 Å². The Bertz CT molecular complexity index is 739. The molecule has 2 atom stereocenters. The number of alkyl carbamates (subject to hydrolysis) is 1. The fraction of sp³-hybridized carbons (Fsp3) is 0.364. The van der Waals surface area contributed by atoms with E-state index in [9.17, 15) is 9.59 Å². The van der Waals surface area contributed by atoms with Crippen LogP contribution in [0.5, 0.6) is 0 Å². The van der Waals surface area contributed by atoms with Gasteiger partial charge in [-0.15, -0.1) is 0 Å². The first-order valence-corrected chi connectivity index (χ1v) is 9.13. The van der Waals surface area contributed by atoms with Crippen molar-refractivity contribution in [3.05, 3.63) is 71.8 Å². The third-order valence-corrected chi connectivity index (χ3v) is 3.95. The number of carbonyl (C=O) groups is 2. The van der Waals surface area contributed by atoms with E-state index in [0.717, 1.165) is 11.1 Å². The van der Waals surface area contributed by atoms with E-state index in [2.05, 4.69) is 10.6 Å². The molecule has 0 bridgehead atoms. The molecule has 2 N–H and O–H groups in total. The normalized spacial score (nSPS) is 13.3. The number of benzene rings is 2. The molecule has 0 aliphatic rings. The standard InChI is InChI=1S/C22H28N2O3/c1-16(18-13-9-6-10-14-18)23-20(25)19(15-17-11-7-5-8-12-17)24-21(26)27-22(2,3)4/h5-14,16,19H,15H2,1-4H3,(H,23,25)(H,24,26). The largest absolute Gasteiger partial charge is 0.444 e. The minimum Gasteiger partial charge on any atom is -0.444 e. The summed E-state index contributed by atoms with van der Waals surface area (Å²) >= 11 is 0. The summed E-state index contributed by atoms with van der Waals surface area (Å²) in [5.41, 5.74) is 1.33. The van der Waals surface area contributed by atoms with Crippen LogP contribution in [-0.4, -0.2) is 23.6 Å². The maximum atomic E-state index is 12.9. The molecule has 2 aromatic rings. The number of hydrogen-bond donors (Lipinski definition) is 2. The zero-order chi connectivity index (χ0) is 19.9. The molecule has 0 aromatic heterocycles. The Kier molecular flexibility index (Phi) is 6.99. The molecular weight excluding hydrogens is 340 g/mol. The lowest BCUT2D eigenvalue weighted by Crippen LogP contribution is -2.49. The first-order chi connectivity index (χ1) is 12.7. The average Bonchev–Trinajstić information content (AvgIpc) is 2.61. The van der Waals surface area contributed by atoms with Gasteiger partial charge >= 0.3 is 6.09 Å². The highest BCUT2D eigenvalue weighted by molar-refractivity contribution is 5.86. The van der Waals surface area contributed by atoms with Gasteiger partial charge in [-0.1, -0.05) is 60.7 Å². The smallest absolute Gasteiger partial charge is 0.408 e. The van der Waals surface area contributed by atoms with E-state index < -0.39 is 17.7 Å². The van der Waals surface area contributed by atoms with Crippen LogP contribution in [0.1, 0.15) is 44.9 Å². The van der Waals surface area contributed by atoms with Crippen molar-refractivity contribution in [2.24, 2.45) is 0 Å². The van der Waals surface area contributed by atoms with Crippen LogP contribution >= 0.6 is 0 Å². The summed E-state index contributed by atoms with van der Waals surface area (Å²) in [6.45, 7) is 7.28. The van der Waals surface area contributed by atoms with Crippen molar-refractivity contribution in [3.8, 4) is 0 Å². The van der Waals surface area contributed by atoms with Gasteiger partial charge < -0.3 is 15.4 Å². The first-order valence-electron chi connectivity index (χ1n) is 9.13. The minimum absolute atomic E-state index is 0.169. The van der Waals surface area contributed by atoms with E-state index in [4.69, 9.17) is 4.74 Å². The van der Waals surface area contributed by atoms with E-state index in [1.165, 1.54) is 0 Å². The van der Waals surface area contributed by atoms with Crippen LogP contribution in [0.4, 0.5) is 4.79 Å². The van der Waals surface area contributed by atoms with Crippen LogP contribution in [0.25, 0.3) is 0 Å². The Morgan fingerprint density at radius 3 is 2.04 bits per heavy atom. The molecule has 0 spiro atoms. The zero-order valence-corrected chi connectivity index (χ0v) is 16.4. The van der Waals surface area contributed by atoms with Gasteiger partial charge in [-0.05, 0) is 38.8 Å². The highest BCUT2D eigenvalue weighted by Gasteiger charge is 2.25. The van der Waals surface area contributed by atoms with Gasteiger partial charge in [-0.3, -0.25) is 4.79 Å². The second-order valence-electron chi connectivity index (χ2n) is 7.53. The molecule has 27 heavy (non-hydrogen) atoms. The van der Waals surface area contributed by atoms with Gasteiger partial charge in [0.2, 0.25) is 5.91 Å². The fourth-order valence-corrected chi connectivity index (χ4v) is 2.65. The van der Waals surface area contributed by atoms with Gasteiger partial charge in [-0.2, -0.15) is 0 Å². The van der Waals surface area contributed by atoms with E-state index in [1.807, 2.05) is 67.6 Å². The minimum atomic E-state index is -0.728. The summed E-state index contributed by atoms with van der Waals surface area (Å²) in [7, 11) is 0. The molecule has 2 aromatic carbocycles. The highest BCUT2D eigenvalue weighted by Crippen LogP contribution is 2.13. The maximum absolute atomic E-state index is 12.9. The van der Waals surface area contributed by atoms with Crippen LogP contribution in [0.15, 0.2) is 60.7 Å². The molecule has 2 amide bonds. The molecule has 0 aliphatic carbocycles. The second kappa shape index (κ2) is 9.21. The molecule has 0 fully saturated rings. The van der Waals surface area contributed by atoms with Crippen molar-refractivity contribution in [3.63, 3.8) is 0 Å². The van der Waals surface area contributed by atoms with Crippen molar-refractivity contribution < 1.29 is 14.3 Å². The number of ether oxygens (including phenoxy) is 1. The first kappa shape index (κ1) is 20.5. The van der Waals surface area contributed by atoms with Gasteiger partial charge in [0.1, 0.15) is 11.6 Å². The highest BCUT2D eigenvalue weighted by atomic mass is 16.6. The van der Waals surface area contributed by atoms with Gasteiger partial charge in [0, 0.05) is 6.42 Å². The molecule has 0 heterocycles. The summed E-state index contributed by atoms with van der Waals surface area (Å²) in [6.07, 6.45) is -0.223. The molecule has 0 saturated carbocycles. The number of amides is 2. The molecule has 0 radical (unpaired) electrons. The number of nitrogens with one attached hydrogen (secondary N) is 2. The van der Waals surface area contributed by atoms with Crippen LogP contribution in [0, 0.1) is 0 Å². The van der Waals surface area contributed by atoms with Crippen molar-refractivity contribution in [2.75, 3.05) is 0 Å². The molecule has 0 saturated heterocycles. The lowest BCUT2D eigenvalue weighted by molar-refractivity contribution is -0.123. The molecule has 5 heteroatoms. The quantitative estimate of drug-likeness (QED) is 0.810. The van der Waals surface area contributed by atoms with E-state index in [-0.39, 0.29) is 11.9 Å². The Morgan fingerprint density at radius 1 is 0.926 bits per heavy atom. The number of carbonyl (C=O) groups excluding carboxylic acids is 2. The summed E-state index contributed by atoms with van der Waals surface area (Å²) < 4.78 is 5.32. The summed E-state index contributed by atoms with van der Waals surface area (Å²) in [4.78, 5) is 25.1. The van der Waals surface area contributed by atoms with E-state index >= 15 is 0 Å². The van der Waals surface area contributed by atoms with Gasteiger partial charge in [0.15, 0.2) is 0 Å². The Balaban J connectivity index is 2.10. The van der Waals surface area contributed by atoms with Gasteiger partial charge in [0.05, 0.1) is 6.04 Å². The third kappa shape index (κ3) is 7.13. The number of rotatable bonds is 6. The second-order valence-corrected chi connectivity index (χ2v) is 7.53. The maximum Gasteiger partial charge on any atom is 0.408 e. The lowest BCUT2D eigenvalue weighted by Gasteiger charge is -2.24. The van der Waals surface area contributed by atoms with Crippen molar-refractivity contribution in [1.29, 1.82) is 0 Å². The molecule has 144 valence electrons. The van der Waals surface area contributed by atoms with Crippen LogP contribution in [-0.2, 0) is 16.0 Å². The summed E-state index contributed by atoms with van der Waals surface area (Å²) in [5, 5.41) is 5.68. The van der Waals surface area contributed by atoms with Crippen LogP contribution in [0.2, 0.25) is 0 Å². The van der Waals surface area contributed by atoms with Crippen molar-refractivity contribution in [2.45, 2.75) is 51.8 Å². The molecular formula is C22H28N2O3. The van der Waals surface area contributed by atoms with Gasteiger partial charge in [0.25, 0.3) is 0 Å². The zero-order valence-electron chi connectivity index (χ0n) is 16.4. The predicted octanol–water partition coefficient (Wildman–Crippen LogP) is 4.00. The fourth-order valence-electron chi connectivity index (χ4n) is 2.65. The molecule has 2 rings (SSSR count). The summed E-state index contributed by atoms with van der Waals surface area (Å²) in [6, 6.07) is 18.4. The van der Waals surface area contributed by atoms with E-state index in [0.29, 0.717) is 6.42 Å². The van der Waals surface area contributed by atoms with E-state index in [1.54, 1.807) is 20.8 Å². The Hall–Kier alpha value is -2.82. The molecule has 5 nitrogen and oxygen atoms in total. The third-order valence-electron chi connectivity index (χ3n) is 3.95. The predicted molar refractivity (Wildman–Crippen MR) is 106 cm³/mol. The van der Waals surface area contributed by atoms with Crippen molar-refractivity contribution >= 4 is 12.0 Å². The SMILES string of the molecule is CC(NC(=O)C(Cc1ccccc1)NC(=O)OC(C)(C)C)c1ccccc1. The monoisotopic (exact) mass is 368 g/mol. The lowest BCUT2D eigenvalue weighted by atomic mass is 10.0. The van der Waals surface area contributed by atoms with Crippen LogP contribution < -0.4 is 10.6 Å². The summed E-state index contributed by atoms with van der Waals surface area (Å²) in [5.74, 6) is -0.249. The molecule has 0 aliphatic heterocycles. The Labute approximate surface area is 161 Å². The van der Waals surface area contributed by atoms with Crippen LogP contribution in [0.3, 0.4) is 0 Å². The molecule has 2 unspecified atom stereocenters. The van der Waals surface area contributed by atoms with Crippen molar-refractivity contribution in [1.82, 2.24) is 10.6 Å². The Morgan fingerprint density at radius 2 is 1.48 bits per heavy atom. The number of hydrogen-bond acceptors (Lipinski definition) is 3. The topological polar surface area (TPSA) is 67.4 Å².